The maximum Gasteiger partial charge on any atom is 0.296 e. The molecule has 0 bridgehead atoms. The van der Waals surface area contributed by atoms with Gasteiger partial charge in [0.05, 0.1) is 21.2 Å². The van der Waals surface area contributed by atoms with Gasteiger partial charge in [0.15, 0.2) is 0 Å². The molecule has 3 aromatic rings. The van der Waals surface area contributed by atoms with Gasteiger partial charge in [-0.3, -0.25) is 19.0 Å². The van der Waals surface area contributed by atoms with E-state index >= 15 is 0 Å². The second-order valence-corrected chi connectivity index (χ2v) is 8.43. The summed E-state index contributed by atoms with van der Waals surface area (Å²) in [4.78, 5) is 11.3. The molecular weight excluding hydrogens is 428 g/mol. The number of azo groups is 1. The lowest BCUT2D eigenvalue weighted by atomic mass is 10.3. The Morgan fingerprint density at radius 2 is 1.28 bits per heavy atom. The Kier molecular flexibility index (Phi) is 5.10. The van der Waals surface area contributed by atoms with E-state index in [9.17, 15) is 26.7 Å². The molecule has 1 heterocycles. The highest BCUT2D eigenvalue weighted by Gasteiger charge is 2.16. The number of hydrogen-bond acceptors (Lipinski definition) is 8. The van der Waals surface area contributed by atoms with Crippen molar-refractivity contribution in [2.45, 2.75) is 9.79 Å². The van der Waals surface area contributed by atoms with Crippen molar-refractivity contribution < 1.29 is 31.0 Å². The molecule has 0 saturated carbocycles. The first kappa shape index (κ1) is 20.4. The normalized spacial score (nSPS) is 12.5. The van der Waals surface area contributed by atoms with Crippen molar-refractivity contribution in [2.75, 3.05) is 0 Å². The average molecular weight is 440 g/mol. The lowest BCUT2D eigenvalue weighted by Gasteiger charge is -2.04. The third-order valence-electron chi connectivity index (χ3n) is 3.64. The molecule has 1 aromatic heterocycles. The first-order valence-corrected chi connectivity index (χ1v) is 10.5. The molecule has 0 amide bonds. The number of H-pyrrole nitrogens is 1. The van der Waals surface area contributed by atoms with E-state index < -0.39 is 37.4 Å². The van der Waals surface area contributed by atoms with Crippen LogP contribution in [-0.2, 0) is 20.2 Å². The van der Waals surface area contributed by atoms with Crippen LogP contribution in [0.4, 0.5) is 11.4 Å². The van der Waals surface area contributed by atoms with Gasteiger partial charge >= 0.3 is 0 Å². The third kappa shape index (κ3) is 4.40. The van der Waals surface area contributed by atoms with Gasteiger partial charge in [0.1, 0.15) is 0 Å². The average Bonchev–Trinajstić information content (AvgIpc) is 2.93. The molecule has 14 heteroatoms. The van der Waals surface area contributed by atoms with Crippen molar-refractivity contribution >= 4 is 31.6 Å². The Balaban J connectivity index is 1.92. The summed E-state index contributed by atoms with van der Waals surface area (Å²) in [6.45, 7) is 0. The van der Waals surface area contributed by atoms with Crippen LogP contribution < -0.4 is 5.56 Å². The number of nitrogens with one attached hydrogen (secondary N) is 1. The van der Waals surface area contributed by atoms with E-state index in [0.717, 1.165) is 28.9 Å². The summed E-state index contributed by atoms with van der Waals surface area (Å²) in [5.41, 5.74) is -0.949. The van der Waals surface area contributed by atoms with Crippen LogP contribution >= 0.6 is 0 Å². The molecule has 0 unspecified atom stereocenters. The van der Waals surface area contributed by atoms with E-state index in [1.165, 1.54) is 24.3 Å². The molecule has 0 aliphatic rings. The van der Waals surface area contributed by atoms with Crippen LogP contribution in [0.1, 0.15) is 0 Å². The lowest BCUT2D eigenvalue weighted by Crippen LogP contribution is -2.04. The number of aromatic amines is 1. The Morgan fingerprint density at radius 3 is 1.76 bits per heavy atom. The van der Waals surface area contributed by atoms with E-state index in [-0.39, 0.29) is 21.2 Å². The maximum atomic E-state index is 12.0. The molecular formula is C15H12N4O8S2. The zero-order chi connectivity index (χ0) is 21.4. The Morgan fingerprint density at radius 1 is 0.793 bits per heavy atom. The summed E-state index contributed by atoms with van der Waals surface area (Å²) in [5, 5.41) is 19.9. The summed E-state index contributed by atoms with van der Waals surface area (Å²) < 4.78 is 63.0. The van der Waals surface area contributed by atoms with Crippen molar-refractivity contribution in [1.82, 2.24) is 9.78 Å². The fraction of sp³-hybridized carbons (Fsp3) is 0. The van der Waals surface area contributed by atoms with E-state index in [1.54, 1.807) is 0 Å². The number of rotatable bonds is 5. The van der Waals surface area contributed by atoms with Crippen LogP contribution in [0.25, 0.3) is 5.69 Å². The minimum absolute atomic E-state index is 0.140. The molecule has 4 N–H and O–H groups in total. The molecule has 12 nitrogen and oxygen atoms in total. The van der Waals surface area contributed by atoms with E-state index in [1.807, 2.05) is 0 Å². The number of aromatic hydroxyl groups is 1. The smallest absolute Gasteiger partial charge is 0.296 e. The zero-order valence-electron chi connectivity index (χ0n) is 14.2. The first-order chi connectivity index (χ1) is 13.5. The molecule has 3 rings (SSSR count). The van der Waals surface area contributed by atoms with Gasteiger partial charge < -0.3 is 5.11 Å². The number of hydrogen-bond donors (Lipinski definition) is 4. The van der Waals surface area contributed by atoms with Gasteiger partial charge in [-0.15, -0.1) is 5.11 Å². The van der Waals surface area contributed by atoms with Gasteiger partial charge in [0.25, 0.3) is 25.8 Å². The molecule has 2 aromatic carbocycles. The van der Waals surface area contributed by atoms with Gasteiger partial charge in [0.2, 0.25) is 11.6 Å². The summed E-state index contributed by atoms with van der Waals surface area (Å²) in [7, 11) is -8.76. The third-order valence-corrected chi connectivity index (χ3v) is 5.38. The van der Waals surface area contributed by atoms with Crippen LogP contribution in [0.2, 0.25) is 0 Å². The van der Waals surface area contributed by atoms with E-state index in [4.69, 9.17) is 9.11 Å². The predicted molar refractivity (Wildman–Crippen MR) is 98.3 cm³/mol. The molecule has 0 spiro atoms. The van der Waals surface area contributed by atoms with Crippen LogP contribution in [0.5, 0.6) is 5.88 Å². The summed E-state index contributed by atoms with van der Waals surface area (Å²) in [6, 6.07) is 9.21. The minimum Gasteiger partial charge on any atom is -0.492 e. The molecule has 0 aliphatic heterocycles. The highest BCUT2D eigenvalue weighted by molar-refractivity contribution is 7.86. The van der Waals surface area contributed by atoms with Gasteiger partial charge in [-0.2, -0.15) is 21.9 Å². The van der Waals surface area contributed by atoms with Crippen molar-refractivity contribution in [3.8, 4) is 11.6 Å². The van der Waals surface area contributed by atoms with E-state index in [2.05, 4.69) is 15.3 Å². The fourth-order valence-corrected chi connectivity index (χ4v) is 3.21. The molecule has 0 aliphatic carbocycles. The molecule has 0 atom stereocenters. The number of benzene rings is 2. The SMILES string of the molecule is O=c1[nH]n(-c2ccc(S(=O)(=O)O)cc2)c(O)c1N=Nc1ccc(S(=O)(=O)O)cc1. The van der Waals surface area contributed by atoms with Gasteiger partial charge in [-0.05, 0) is 48.5 Å². The Bertz CT molecular complexity index is 1350. The van der Waals surface area contributed by atoms with Crippen LogP contribution in [0, 0.1) is 0 Å². The minimum atomic E-state index is -4.40. The maximum absolute atomic E-state index is 12.0. The van der Waals surface area contributed by atoms with Gasteiger partial charge in [-0.1, -0.05) is 0 Å². The largest absolute Gasteiger partial charge is 0.492 e. The second-order valence-electron chi connectivity index (χ2n) is 5.59. The quantitative estimate of drug-likeness (QED) is 0.340. The summed E-state index contributed by atoms with van der Waals surface area (Å²) >= 11 is 0. The fourth-order valence-electron chi connectivity index (χ4n) is 2.25. The van der Waals surface area contributed by atoms with Gasteiger partial charge in [-0.25, -0.2) is 4.68 Å². The summed E-state index contributed by atoms with van der Waals surface area (Å²) in [6.07, 6.45) is 0. The molecule has 152 valence electrons. The summed E-state index contributed by atoms with van der Waals surface area (Å²) in [5.74, 6) is -0.618. The predicted octanol–water partition coefficient (Wildman–Crippen LogP) is 1.78. The van der Waals surface area contributed by atoms with Crippen molar-refractivity contribution in [2.24, 2.45) is 10.2 Å². The standard InChI is InChI=1S/C15H12N4O8S2/c20-14-13(17-16-9-1-5-11(6-2-9)28(22,23)24)15(21)19(18-14)10-3-7-12(8-4-10)29(25,26)27/h1-8,21H,(H,18,20)(H,22,23,24)(H,25,26,27). The molecule has 29 heavy (non-hydrogen) atoms. The second kappa shape index (κ2) is 7.25. The van der Waals surface area contributed by atoms with Gasteiger partial charge in [0, 0.05) is 0 Å². The highest BCUT2D eigenvalue weighted by atomic mass is 32.2. The topological polar surface area (TPSA) is 191 Å². The number of nitrogens with zero attached hydrogens (tertiary/aromatic N) is 3. The Hall–Kier alpha value is -3.33. The lowest BCUT2D eigenvalue weighted by molar-refractivity contribution is 0.434. The van der Waals surface area contributed by atoms with Crippen molar-refractivity contribution in [3.05, 3.63) is 58.9 Å². The van der Waals surface area contributed by atoms with Crippen molar-refractivity contribution in [1.29, 1.82) is 0 Å². The molecule has 0 radical (unpaired) electrons. The highest BCUT2D eigenvalue weighted by Crippen LogP contribution is 2.27. The monoisotopic (exact) mass is 440 g/mol. The molecule has 0 fully saturated rings. The number of aromatic nitrogens is 2. The Labute approximate surface area is 163 Å². The van der Waals surface area contributed by atoms with Crippen LogP contribution in [0.3, 0.4) is 0 Å². The molecule has 0 saturated heterocycles. The van der Waals surface area contributed by atoms with Crippen LogP contribution in [-0.4, -0.2) is 40.8 Å². The zero-order valence-corrected chi connectivity index (χ0v) is 15.8. The van der Waals surface area contributed by atoms with E-state index in [0.29, 0.717) is 0 Å². The van der Waals surface area contributed by atoms with Crippen LogP contribution in [0.15, 0.2) is 73.3 Å². The first-order valence-electron chi connectivity index (χ1n) is 7.58. The van der Waals surface area contributed by atoms with Crippen molar-refractivity contribution in [3.63, 3.8) is 0 Å².